The molecule has 3 heteroatoms. The summed E-state index contributed by atoms with van der Waals surface area (Å²) in [6, 6.07) is 24.6. The van der Waals surface area contributed by atoms with Gasteiger partial charge in [0.25, 0.3) is 0 Å². The number of rotatable bonds is 0. The smallest absolute Gasteiger partial charge is 0.0634 e. The molecule has 0 bridgehead atoms. The molecule has 0 aliphatic heterocycles. The van der Waals surface area contributed by atoms with Crippen LogP contribution in [0.5, 0.6) is 0 Å². The van der Waals surface area contributed by atoms with Crippen molar-refractivity contribution in [2.24, 2.45) is 0 Å². The van der Waals surface area contributed by atoms with E-state index in [0.29, 0.717) is 0 Å². The Balaban J connectivity index is 1.99. The Labute approximate surface area is 156 Å². The van der Waals surface area contributed by atoms with Crippen LogP contribution < -0.4 is 0 Å². The van der Waals surface area contributed by atoms with Crippen LogP contribution in [0, 0.1) is 0 Å². The molecule has 0 fully saturated rings. The van der Waals surface area contributed by atoms with Crippen molar-refractivity contribution < 1.29 is 0 Å². The van der Waals surface area contributed by atoms with Crippen LogP contribution in [0.3, 0.4) is 0 Å². The van der Waals surface area contributed by atoms with Gasteiger partial charge in [0.1, 0.15) is 0 Å². The van der Waals surface area contributed by atoms with Gasteiger partial charge in [-0.2, -0.15) is 0 Å². The van der Waals surface area contributed by atoms with Crippen LogP contribution >= 0.6 is 11.3 Å². The largest absolute Gasteiger partial charge is 0.354 e. The van der Waals surface area contributed by atoms with Crippen molar-refractivity contribution in [2.75, 3.05) is 0 Å². The number of nitrogens with one attached hydrogen (secondary N) is 1. The summed E-state index contributed by atoms with van der Waals surface area (Å²) >= 11 is 1.91. The monoisotopic (exact) mass is 360 g/mol. The Bertz CT molecular complexity index is 1830. The van der Waals surface area contributed by atoms with E-state index >= 15 is 0 Å². The number of thiophene rings is 1. The third kappa shape index (κ3) is 1.26. The molecule has 2 nitrogen and oxygen atoms in total. The Kier molecular flexibility index (Phi) is 1.92. The molecule has 0 atom stereocenters. The lowest BCUT2D eigenvalue weighted by atomic mass is 10.0. The summed E-state index contributed by atoms with van der Waals surface area (Å²) in [5.41, 5.74) is 6.38. The van der Waals surface area contributed by atoms with Crippen molar-refractivity contribution in [3.8, 4) is 0 Å². The SMILES string of the molecule is c1ccc2c(c1)c1ccc3sc4ccc5[nH]c6cccc7c6c5c4c3c1n27. The van der Waals surface area contributed by atoms with Gasteiger partial charge in [0.15, 0.2) is 0 Å². The Morgan fingerprint density at radius 1 is 0.593 bits per heavy atom. The lowest BCUT2D eigenvalue weighted by molar-refractivity contribution is 1.36. The molecule has 0 spiro atoms. The zero-order chi connectivity index (χ0) is 17.3. The third-order valence-corrected chi connectivity index (χ3v) is 7.36. The molecule has 8 aromatic rings. The number of nitrogens with zero attached hydrogens (tertiary/aromatic N) is 1. The molecule has 4 heterocycles. The van der Waals surface area contributed by atoms with E-state index in [2.05, 4.69) is 76.1 Å². The molecule has 0 radical (unpaired) electrons. The van der Waals surface area contributed by atoms with E-state index in [1.807, 2.05) is 11.3 Å². The van der Waals surface area contributed by atoms with E-state index < -0.39 is 0 Å². The Morgan fingerprint density at radius 3 is 2.41 bits per heavy atom. The summed E-state index contributed by atoms with van der Waals surface area (Å²) < 4.78 is 5.24. The van der Waals surface area contributed by atoms with Crippen molar-refractivity contribution in [1.29, 1.82) is 0 Å². The average molecular weight is 360 g/mol. The van der Waals surface area contributed by atoms with Crippen LogP contribution in [0.2, 0.25) is 0 Å². The number of hydrogen-bond acceptors (Lipinski definition) is 1. The number of H-pyrrole nitrogens is 1. The quantitative estimate of drug-likeness (QED) is 0.297. The molecule has 0 aliphatic rings. The van der Waals surface area contributed by atoms with Gasteiger partial charge in [-0.25, -0.2) is 0 Å². The Morgan fingerprint density at radius 2 is 1.41 bits per heavy atom. The van der Waals surface area contributed by atoms with Gasteiger partial charge in [-0.05, 0) is 36.4 Å². The molecular formula is C24H12N2S. The second kappa shape index (κ2) is 4.00. The van der Waals surface area contributed by atoms with Gasteiger partial charge in [-0.3, -0.25) is 0 Å². The maximum atomic E-state index is 3.66. The van der Waals surface area contributed by atoms with Gasteiger partial charge in [0.2, 0.25) is 0 Å². The van der Waals surface area contributed by atoms with E-state index in [-0.39, 0.29) is 0 Å². The van der Waals surface area contributed by atoms with Crippen molar-refractivity contribution in [2.45, 2.75) is 0 Å². The lowest BCUT2D eigenvalue weighted by Gasteiger charge is -2.01. The number of fused-ring (bicyclic) bond motifs is 4. The first kappa shape index (κ1) is 13.0. The predicted octanol–water partition coefficient (Wildman–Crippen LogP) is 7.12. The maximum Gasteiger partial charge on any atom is 0.0634 e. The Hall–Kier alpha value is -3.30. The standard InChI is InChI=1S/C24H12N2S/c1-2-6-16-12(4-1)13-8-10-19-23-22-18(27-19)11-9-15-21(22)20-14(25-15)5-3-7-17(20)26(16)24(13)23/h1-11,25H. The highest BCUT2D eigenvalue weighted by atomic mass is 32.1. The fourth-order valence-corrected chi connectivity index (χ4v) is 6.37. The molecule has 0 aliphatic carbocycles. The molecule has 4 aromatic carbocycles. The molecule has 8 rings (SSSR count). The van der Waals surface area contributed by atoms with E-state index in [9.17, 15) is 0 Å². The summed E-state index contributed by atoms with van der Waals surface area (Å²) in [6.45, 7) is 0. The highest BCUT2D eigenvalue weighted by molar-refractivity contribution is 7.26. The van der Waals surface area contributed by atoms with E-state index in [0.717, 1.165) is 0 Å². The lowest BCUT2D eigenvalue weighted by Crippen LogP contribution is -1.84. The minimum atomic E-state index is 1.22. The molecule has 124 valence electrons. The summed E-state index contributed by atoms with van der Waals surface area (Å²) in [4.78, 5) is 3.66. The number of benzene rings is 4. The van der Waals surface area contributed by atoms with Crippen LogP contribution in [0.25, 0.3) is 69.3 Å². The first-order valence-electron chi connectivity index (χ1n) is 9.22. The number of aromatic nitrogens is 2. The topological polar surface area (TPSA) is 20.2 Å². The van der Waals surface area contributed by atoms with E-state index in [1.54, 1.807) is 0 Å². The summed E-state index contributed by atoms with van der Waals surface area (Å²) in [5.74, 6) is 0. The van der Waals surface area contributed by atoms with Crippen LogP contribution in [0.4, 0.5) is 0 Å². The zero-order valence-corrected chi connectivity index (χ0v) is 15.0. The minimum Gasteiger partial charge on any atom is -0.354 e. The van der Waals surface area contributed by atoms with Crippen molar-refractivity contribution in [3.63, 3.8) is 0 Å². The van der Waals surface area contributed by atoms with E-state index in [1.165, 1.54) is 69.3 Å². The zero-order valence-electron chi connectivity index (χ0n) is 14.2. The predicted molar refractivity (Wildman–Crippen MR) is 117 cm³/mol. The van der Waals surface area contributed by atoms with Gasteiger partial charge in [-0.1, -0.05) is 30.3 Å². The number of hydrogen-bond donors (Lipinski definition) is 1. The molecule has 1 N–H and O–H groups in total. The third-order valence-electron chi connectivity index (χ3n) is 6.24. The minimum absolute atomic E-state index is 1.22. The highest BCUT2D eigenvalue weighted by Crippen LogP contribution is 2.48. The molecule has 27 heavy (non-hydrogen) atoms. The molecule has 0 unspecified atom stereocenters. The summed E-state index contributed by atoms with van der Waals surface area (Å²) in [6.07, 6.45) is 0. The van der Waals surface area contributed by atoms with Crippen molar-refractivity contribution in [1.82, 2.24) is 9.38 Å². The summed E-state index contributed by atoms with van der Waals surface area (Å²) in [7, 11) is 0. The van der Waals surface area contributed by atoms with Gasteiger partial charge in [0.05, 0.1) is 16.6 Å². The molecule has 0 saturated carbocycles. The fraction of sp³-hybridized carbons (Fsp3) is 0. The van der Waals surface area contributed by atoms with Crippen molar-refractivity contribution in [3.05, 3.63) is 66.7 Å². The van der Waals surface area contributed by atoms with Gasteiger partial charge >= 0.3 is 0 Å². The summed E-state index contributed by atoms with van der Waals surface area (Å²) in [5, 5.41) is 8.23. The maximum absolute atomic E-state index is 3.66. The van der Waals surface area contributed by atoms with Gasteiger partial charge in [0, 0.05) is 52.8 Å². The molecule has 4 aromatic heterocycles. The molecule has 0 amide bonds. The fourth-order valence-electron chi connectivity index (χ4n) is 5.25. The van der Waals surface area contributed by atoms with Crippen molar-refractivity contribution >= 4 is 80.6 Å². The number of para-hydroxylation sites is 1. The molecule has 0 saturated heterocycles. The van der Waals surface area contributed by atoms with E-state index in [4.69, 9.17) is 0 Å². The van der Waals surface area contributed by atoms with Crippen LogP contribution in [0.1, 0.15) is 0 Å². The molecular weight excluding hydrogens is 348 g/mol. The first-order chi connectivity index (χ1) is 13.4. The van der Waals surface area contributed by atoms with Crippen LogP contribution in [0.15, 0.2) is 66.7 Å². The second-order valence-corrected chi connectivity index (χ2v) is 8.56. The van der Waals surface area contributed by atoms with Crippen LogP contribution in [-0.4, -0.2) is 9.38 Å². The number of aromatic amines is 1. The first-order valence-corrected chi connectivity index (χ1v) is 10.0. The van der Waals surface area contributed by atoms with Crippen LogP contribution in [-0.2, 0) is 0 Å². The van der Waals surface area contributed by atoms with Gasteiger partial charge < -0.3 is 9.38 Å². The average Bonchev–Trinajstić information content (AvgIpc) is 3.32. The normalized spacial score (nSPS) is 13.2. The van der Waals surface area contributed by atoms with Gasteiger partial charge in [-0.15, -0.1) is 11.3 Å². The highest BCUT2D eigenvalue weighted by Gasteiger charge is 2.22. The second-order valence-electron chi connectivity index (χ2n) is 7.48.